The fourth-order valence-electron chi connectivity index (χ4n) is 2.23. The molecule has 1 aromatic rings. The van der Waals surface area contributed by atoms with E-state index < -0.39 is 0 Å². The van der Waals surface area contributed by atoms with Crippen molar-refractivity contribution in [3.05, 3.63) is 21.2 Å². The lowest BCUT2D eigenvalue weighted by Crippen LogP contribution is -2.37. The molecule has 19 heavy (non-hydrogen) atoms. The molecule has 0 aromatic carbocycles. The maximum atomic E-state index is 11.7. The minimum atomic E-state index is -0.0648. The summed E-state index contributed by atoms with van der Waals surface area (Å²) in [6, 6.07) is 1.99. The molecule has 0 N–H and O–H groups in total. The Labute approximate surface area is 129 Å². The molecule has 1 fully saturated rings. The van der Waals surface area contributed by atoms with E-state index in [-0.39, 0.29) is 11.9 Å². The molecule has 1 aliphatic rings. The zero-order valence-corrected chi connectivity index (χ0v) is 13.9. The molecule has 1 aliphatic heterocycles. The van der Waals surface area contributed by atoms with Crippen LogP contribution in [0, 0.1) is 5.92 Å². The molecule has 2 heterocycles. The molecule has 0 amide bonds. The minimum absolute atomic E-state index is 0.0328. The fourth-order valence-corrected chi connectivity index (χ4v) is 3.47. The van der Waals surface area contributed by atoms with Gasteiger partial charge in [0.25, 0.3) is 0 Å². The number of nitrogens with zero attached hydrogens (tertiary/aromatic N) is 2. The van der Waals surface area contributed by atoms with Gasteiger partial charge in [0.15, 0.2) is 0 Å². The summed E-state index contributed by atoms with van der Waals surface area (Å²) in [5.74, 6) is 0.904. The van der Waals surface area contributed by atoms with Crippen LogP contribution in [0.4, 0.5) is 5.82 Å². The summed E-state index contributed by atoms with van der Waals surface area (Å²) in [4.78, 5) is 18.3. The Balaban J connectivity index is 1.98. The highest BCUT2D eigenvalue weighted by molar-refractivity contribution is 9.11. The number of aromatic nitrogens is 1. The first-order chi connectivity index (χ1) is 9.11. The highest BCUT2D eigenvalue weighted by Crippen LogP contribution is 2.30. The summed E-state index contributed by atoms with van der Waals surface area (Å²) in [5.41, 5.74) is 0. The Hall–Kier alpha value is -0.620. The van der Waals surface area contributed by atoms with E-state index >= 15 is 0 Å². The van der Waals surface area contributed by atoms with E-state index in [1.807, 2.05) is 13.0 Å². The molecular weight excluding hydrogens is 376 g/mol. The van der Waals surface area contributed by atoms with Gasteiger partial charge in [-0.15, -0.1) is 0 Å². The zero-order valence-electron chi connectivity index (χ0n) is 10.7. The number of ether oxygens (including phenoxy) is 1. The number of hydrogen-bond donors (Lipinski definition) is 0. The molecular formula is C13H16Br2N2O2. The molecule has 104 valence electrons. The number of pyridine rings is 1. The molecule has 1 saturated heterocycles. The third-order valence-electron chi connectivity index (χ3n) is 3.20. The predicted octanol–water partition coefficient (Wildman–Crippen LogP) is 3.39. The SMILES string of the molecule is CCOC(=O)C1CCN(c2ncc(Br)cc2Br)CC1. The molecule has 0 saturated carbocycles. The Morgan fingerprint density at radius 2 is 2.16 bits per heavy atom. The van der Waals surface area contributed by atoms with Crippen molar-refractivity contribution in [1.29, 1.82) is 0 Å². The standard InChI is InChI=1S/C13H16Br2N2O2/c1-2-19-13(18)9-3-5-17(6-4-9)12-11(15)7-10(14)8-16-12/h7-9H,2-6H2,1H3. The van der Waals surface area contributed by atoms with Crippen LogP contribution in [0.25, 0.3) is 0 Å². The number of halogens is 2. The van der Waals surface area contributed by atoms with Gasteiger partial charge in [-0.25, -0.2) is 4.98 Å². The summed E-state index contributed by atoms with van der Waals surface area (Å²) in [7, 11) is 0. The van der Waals surface area contributed by atoms with Gasteiger partial charge in [-0.1, -0.05) is 0 Å². The van der Waals surface area contributed by atoms with Gasteiger partial charge in [0, 0.05) is 23.8 Å². The van der Waals surface area contributed by atoms with E-state index in [1.165, 1.54) is 0 Å². The smallest absolute Gasteiger partial charge is 0.309 e. The van der Waals surface area contributed by atoms with Gasteiger partial charge in [-0.2, -0.15) is 0 Å². The van der Waals surface area contributed by atoms with Crippen LogP contribution in [0.2, 0.25) is 0 Å². The number of anilines is 1. The van der Waals surface area contributed by atoms with Crippen molar-refractivity contribution >= 4 is 43.6 Å². The summed E-state index contributed by atoms with van der Waals surface area (Å²) >= 11 is 6.92. The van der Waals surface area contributed by atoms with Gasteiger partial charge in [0.1, 0.15) is 5.82 Å². The average Bonchev–Trinajstić information content (AvgIpc) is 2.39. The number of carbonyl (C=O) groups is 1. The zero-order chi connectivity index (χ0) is 13.8. The molecule has 2 rings (SSSR count). The maximum Gasteiger partial charge on any atom is 0.309 e. The van der Waals surface area contributed by atoms with Crippen molar-refractivity contribution < 1.29 is 9.53 Å². The van der Waals surface area contributed by atoms with Crippen LogP contribution >= 0.6 is 31.9 Å². The first-order valence-corrected chi connectivity index (χ1v) is 7.93. The third-order valence-corrected chi connectivity index (χ3v) is 4.22. The van der Waals surface area contributed by atoms with Gasteiger partial charge in [-0.3, -0.25) is 4.79 Å². The highest BCUT2D eigenvalue weighted by Gasteiger charge is 2.27. The second-order valence-electron chi connectivity index (χ2n) is 4.47. The lowest BCUT2D eigenvalue weighted by molar-refractivity contribution is -0.148. The summed E-state index contributed by atoms with van der Waals surface area (Å²) in [6.45, 7) is 3.96. The van der Waals surface area contributed by atoms with E-state index in [0.29, 0.717) is 6.61 Å². The first-order valence-electron chi connectivity index (χ1n) is 6.34. The van der Waals surface area contributed by atoms with E-state index in [2.05, 4.69) is 41.7 Å². The molecule has 4 nitrogen and oxygen atoms in total. The van der Waals surface area contributed by atoms with Crippen LogP contribution in [0.3, 0.4) is 0 Å². The van der Waals surface area contributed by atoms with Crippen LogP contribution in [0.1, 0.15) is 19.8 Å². The third kappa shape index (κ3) is 3.69. The number of hydrogen-bond acceptors (Lipinski definition) is 4. The molecule has 0 atom stereocenters. The van der Waals surface area contributed by atoms with E-state index in [0.717, 1.165) is 40.7 Å². The van der Waals surface area contributed by atoms with Crippen LogP contribution in [-0.2, 0) is 9.53 Å². The van der Waals surface area contributed by atoms with Gasteiger partial charge in [0.05, 0.1) is 17.0 Å². The number of carbonyl (C=O) groups excluding carboxylic acids is 1. The first kappa shape index (κ1) is 14.8. The predicted molar refractivity (Wildman–Crippen MR) is 81.2 cm³/mol. The van der Waals surface area contributed by atoms with Gasteiger partial charge < -0.3 is 9.64 Å². The quantitative estimate of drug-likeness (QED) is 0.740. The van der Waals surface area contributed by atoms with Crippen molar-refractivity contribution in [2.75, 3.05) is 24.6 Å². The number of esters is 1. The monoisotopic (exact) mass is 390 g/mol. The number of piperidine rings is 1. The number of rotatable bonds is 3. The van der Waals surface area contributed by atoms with Crippen molar-refractivity contribution in [2.24, 2.45) is 5.92 Å². The van der Waals surface area contributed by atoms with Crippen molar-refractivity contribution in [2.45, 2.75) is 19.8 Å². The summed E-state index contributed by atoms with van der Waals surface area (Å²) in [6.07, 6.45) is 3.43. The normalized spacial score (nSPS) is 16.5. The molecule has 0 spiro atoms. The van der Waals surface area contributed by atoms with Crippen molar-refractivity contribution in [1.82, 2.24) is 4.98 Å². The Morgan fingerprint density at radius 3 is 2.74 bits per heavy atom. The van der Waals surface area contributed by atoms with Gasteiger partial charge in [0.2, 0.25) is 0 Å². The molecule has 6 heteroatoms. The van der Waals surface area contributed by atoms with Crippen LogP contribution in [0.15, 0.2) is 21.2 Å². The largest absolute Gasteiger partial charge is 0.466 e. The second-order valence-corrected chi connectivity index (χ2v) is 6.24. The van der Waals surface area contributed by atoms with Crippen molar-refractivity contribution in [3.8, 4) is 0 Å². The molecule has 0 bridgehead atoms. The topological polar surface area (TPSA) is 42.4 Å². The summed E-state index contributed by atoms with van der Waals surface area (Å²) in [5, 5.41) is 0. The second kappa shape index (κ2) is 6.70. The molecule has 0 radical (unpaired) electrons. The van der Waals surface area contributed by atoms with E-state index in [1.54, 1.807) is 6.20 Å². The molecule has 0 unspecified atom stereocenters. The maximum absolute atomic E-state index is 11.7. The summed E-state index contributed by atoms with van der Waals surface area (Å²) < 4.78 is 6.99. The van der Waals surface area contributed by atoms with E-state index in [4.69, 9.17) is 4.74 Å². The lowest BCUT2D eigenvalue weighted by atomic mass is 9.97. The van der Waals surface area contributed by atoms with Crippen LogP contribution in [0.5, 0.6) is 0 Å². The molecule has 0 aliphatic carbocycles. The van der Waals surface area contributed by atoms with E-state index in [9.17, 15) is 4.79 Å². The Morgan fingerprint density at radius 1 is 1.47 bits per heavy atom. The fraction of sp³-hybridized carbons (Fsp3) is 0.538. The van der Waals surface area contributed by atoms with Crippen LogP contribution in [-0.4, -0.2) is 30.6 Å². The highest BCUT2D eigenvalue weighted by atomic mass is 79.9. The van der Waals surface area contributed by atoms with Gasteiger partial charge in [-0.05, 0) is 57.7 Å². The minimum Gasteiger partial charge on any atom is -0.466 e. The molecule has 1 aromatic heterocycles. The Kier molecular flexibility index (Phi) is 5.21. The lowest BCUT2D eigenvalue weighted by Gasteiger charge is -2.32. The van der Waals surface area contributed by atoms with Crippen molar-refractivity contribution in [3.63, 3.8) is 0 Å². The average molecular weight is 392 g/mol. The van der Waals surface area contributed by atoms with Gasteiger partial charge >= 0.3 is 5.97 Å². The Bertz CT molecular complexity index is 460. The van der Waals surface area contributed by atoms with Crippen LogP contribution < -0.4 is 4.90 Å².